The van der Waals surface area contributed by atoms with Gasteiger partial charge in [-0.15, -0.1) is 21.5 Å². The van der Waals surface area contributed by atoms with Crippen LogP contribution in [-0.2, 0) is 5.75 Å². The summed E-state index contributed by atoms with van der Waals surface area (Å²) in [5.41, 5.74) is 2.35. The zero-order valence-electron chi connectivity index (χ0n) is 19.3. The molecule has 0 radical (unpaired) electrons. The van der Waals surface area contributed by atoms with Crippen LogP contribution < -0.4 is 5.32 Å². The first-order chi connectivity index (χ1) is 17.3. The summed E-state index contributed by atoms with van der Waals surface area (Å²) >= 11 is 3.04. The summed E-state index contributed by atoms with van der Waals surface area (Å²) in [6.07, 6.45) is 7.35. The molecule has 180 valence electrons. The van der Waals surface area contributed by atoms with E-state index in [9.17, 15) is 4.79 Å². The Morgan fingerprint density at radius 1 is 1.06 bits per heavy atom. The number of aromatic nitrogens is 5. The maximum absolute atomic E-state index is 12.5. The number of piperidine rings is 1. The predicted molar refractivity (Wildman–Crippen MR) is 139 cm³/mol. The summed E-state index contributed by atoms with van der Waals surface area (Å²) in [5.74, 6) is 1.23. The van der Waals surface area contributed by atoms with E-state index in [1.165, 1.54) is 30.6 Å². The number of carbonyl (C=O) groups excluding carboxylic acids is 1. The number of carbonyl (C=O) groups is 1. The second-order valence-electron chi connectivity index (χ2n) is 8.29. The molecule has 8 nitrogen and oxygen atoms in total. The minimum Gasteiger partial charge on any atom is -0.349 e. The lowest BCUT2D eigenvalue weighted by Gasteiger charge is -2.26. The molecular weight excluding hydrogens is 478 g/mol. The first kappa shape index (κ1) is 23.7. The number of nitrogens with zero attached hydrogens (tertiary/aromatic N) is 6. The number of amides is 1. The van der Waals surface area contributed by atoms with E-state index in [1.807, 2.05) is 52.4 Å². The van der Waals surface area contributed by atoms with Crippen molar-refractivity contribution < 1.29 is 4.79 Å². The van der Waals surface area contributed by atoms with E-state index < -0.39 is 0 Å². The van der Waals surface area contributed by atoms with Gasteiger partial charge in [-0.3, -0.25) is 14.3 Å². The third-order valence-electron chi connectivity index (χ3n) is 5.84. The summed E-state index contributed by atoms with van der Waals surface area (Å²) in [6.45, 7) is 3.80. The minimum atomic E-state index is -0.110. The normalized spacial score (nSPS) is 14.2. The highest BCUT2D eigenvalue weighted by atomic mass is 32.2. The van der Waals surface area contributed by atoms with Crippen molar-refractivity contribution in [2.45, 2.75) is 30.2 Å². The zero-order valence-corrected chi connectivity index (χ0v) is 21.0. The molecule has 1 aliphatic rings. The number of likely N-dealkylation sites (tertiary alicyclic amines) is 1. The number of thiazole rings is 1. The molecule has 3 aromatic heterocycles. The Kier molecular flexibility index (Phi) is 7.82. The van der Waals surface area contributed by atoms with Crippen molar-refractivity contribution in [2.24, 2.45) is 0 Å². The van der Waals surface area contributed by atoms with Gasteiger partial charge in [-0.05, 0) is 50.2 Å². The molecule has 5 rings (SSSR count). The van der Waals surface area contributed by atoms with Gasteiger partial charge < -0.3 is 10.2 Å². The molecule has 0 aliphatic carbocycles. The molecule has 1 aliphatic heterocycles. The topological polar surface area (TPSA) is 88.8 Å². The number of hydrogen-bond donors (Lipinski definition) is 1. The molecule has 10 heteroatoms. The van der Waals surface area contributed by atoms with Gasteiger partial charge in [-0.25, -0.2) is 4.98 Å². The van der Waals surface area contributed by atoms with Crippen LogP contribution in [0.1, 0.15) is 34.8 Å². The van der Waals surface area contributed by atoms with Crippen LogP contribution in [0.3, 0.4) is 0 Å². The molecule has 4 aromatic rings. The average Bonchev–Trinajstić information content (AvgIpc) is 3.56. The van der Waals surface area contributed by atoms with Crippen molar-refractivity contribution in [3.63, 3.8) is 0 Å². The molecule has 0 spiro atoms. The van der Waals surface area contributed by atoms with Gasteiger partial charge in [0.15, 0.2) is 11.0 Å². The summed E-state index contributed by atoms with van der Waals surface area (Å²) in [6, 6.07) is 13.9. The Morgan fingerprint density at radius 3 is 2.71 bits per heavy atom. The molecule has 1 fully saturated rings. The number of para-hydroxylation sites is 1. The van der Waals surface area contributed by atoms with E-state index in [0.717, 1.165) is 46.9 Å². The second kappa shape index (κ2) is 11.6. The molecule has 0 saturated carbocycles. The molecule has 1 aromatic carbocycles. The molecule has 0 unspecified atom stereocenters. The van der Waals surface area contributed by atoms with Crippen molar-refractivity contribution in [2.75, 3.05) is 26.2 Å². The lowest BCUT2D eigenvalue weighted by molar-refractivity contribution is 0.0942. The highest BCUT2D eigenvalue weighted by Crippen LogP contribution is 2.30. The number of benzene rings is 1. The quantitative estimate of drug-likeness (QED) is 0.339. The SMILES string of the molecule is O=C(NCCN1CCCCC1)c1csc(CSc2nnc(-c3cccnc3)n2-c2ccccc2)n1. The van der Waals surface area contributed by atoms with Crippen molar-refractivity contribution >= 4 is 29.0 Å². The van der Waals surface area contributed by atoms with Crippen LogP contribution in [0, 0.1) is 0 Å². The van der Waals surface area contributed by atoms with Gasteiger partial charge in [-0.2, -0.15) is 0 Å². The number of nitrogens with one attached hydrogen (secondary N) is 1. The number of pyridine rings is 1. The van der Waals surface area contributed by atoms with E-state index in [2.05, 4.69) is 30.4 Å². The lowest BCUT2D eigenvalue weighted by Crippen LogP contribution is -2.37. The fourth-order valence-electron chi connectivity index (χ4n) is 4.06. The predicted octanol–water partition coefficient (Wildman–Crippen LogP) is 4.29. The van der Waals surface area contributed by atoms with Gasteiger partial charge in [0, 0.05) is 42.1 Å². The standard InChI is InChI=1S/C25H27N7OS2/c33-24(27-12-15-31-13-5-2-6-14-31)21-17-34-22(28-21)18-35-25-30-29-23(19-8-7-11-26-16-19)32(25)20-9-3-1-4-10-20/h1,3-4,7-11,16-17H,2,5-6,12-15,18H2,(H,27,33). The van der Waals surface area contributed by atoms with Crippen molar-refractivity contribution in [1.29, 1.82) is 0 Å². The Hall–Kier alpha value is -3.08. The average molecular weight is 506 g/mol. The molecule has 0 bridgehead atoms. The number of thioether (sulfide) groups is 1. The monoisotopic (exact) mass is 505 g/mol. The van der Waals surface area contributed by atoms with E-state index in [-0.39, 0.29) is 5.91 Å². The Morgan fingerprint density at radius 2 is 1.91 bits per heavy atom. The first-order valence-corrected chi connectivity index (χ1v) is 13.6. The van der Waals surface area contributed by atoms with Crippen molar-refractivity contribution in [3.05, 3.63) is 70.9 Å². The van der Waals surface area contributed by atoms with Crippen LogP contribution in [0.4, 0.5) is 0 Å². The highest BCUT2D eigenvalue weighted by Gasteiger charge is 2.18. The van der Waals surface area contributed by atoms with Gasteiger partial charge in [0.05, 0.1) is 5.75 Å². The summed E-state index contributed by atoms with van der Waals surface area (Å²) in [4.78, 5) is 23.8. The van der Waals surface area contributed by atoms with E-state index in [1.54, 1.807) is 24.2 Å². The van der Waals surface area contributed by atoms with Crippen LogP contribution in [0.5, 0.6) is 0 Å². The van der Waals surface area contributed by atoms with Crippen LogP contribution >= 0.6 is 23.1 Å². The Balaban J connectivity index is 1.24. The van der Waals surface area contributed by atoms with Gasteiger partial charge in [0.1, 0.15) is 10.7 Å². The van der Waals surface area contributed by atoms with Crippen LogP contribution in [-0.4, -0.2) is 61.7 Å². The fourth-order valence-corrected chi connectivity index (χ4v) is 5.81. The van der Waals surface area contributed by atoms with Crippen LogP contribution in [0.2, 0.25) is 0 Å². The zero-order chi connectivity index (χ0) is 23.9. The van der Waals surface area contributed by atoms with Crippen LogP contribution in [0.25, 0.3) is 17.1 Å². The third kappa shape index (κ3) is 5.95. The molecule has 35 heavy (non-hydrogen) atoms. The fraction of sp³-hybridized carbons (Fsp3) is 0.320. The molecule has 1 amide bonds. The maximum atomic E-state index is 12.5. The Bertz CT molecular complexity index is 1240. The molecular formula is C25H27N7OS2. The van der Waals surface area contributed by atoms with E-state index in [0.29, 0.717) is 18.0 Å². The third-order valence-corrected chi connectivity index (χ3v) is 7.81. The van der Waals surface area contributed by atoms with Gasteiger partial charge >= 0.3 is 0 Å². The number of hydrogen-bond acceptors (Lipinski definition) is 8. The summed E-state index contributed by atoms with van der Waals surface area (Å²) < 4.78 is 2.03. The molecule has 1 saturated heterocycles. The van der Waals surface area contributed by atoms with Gasteiger partial charge in [-0.1, -0.05) is 36.4 Å². The number of rotatable bonds is 9. The second-order valence-corrected chi connectivity index (χ2v) is 10.2. The van der Waals surface area contributed by atoms with E-state index in [4.69, 9.17) is 0 Å². The summed E-state index contributed by atoms with van der Waals surface area (Å²) in [5, 5.41) is 15.4. The van der Waals surface area contributed by atoms with Crippen molar-refractivity contribution in [3.8, 4) is 17.1 Å². The highest BCUT2D eigenvalue weighted by molar-refractivity contribution is 7.98. The smallest absolute Gasteiger partial charge is 0.270 e. The molecule has 4 heterocycles. The molecule has 1 N–H and O–H groups in total. The van der Waals surface area contributed by atoms with Crippen LogP contribution in [0.15, 0.2) is 65.4 Å². The Labute approximate surface area is 212 Å². The van der Waals surface area contributed by atoms with Crippen molar-refractivity contribution in [1.82, 2.24) is 34.9 Å². The maximum Gasteiger partial charge on any atom is 0.270 e. The van der Waals surface area contributed by atoms with E-state index >= 15 is 0 Å². The first-order valence-electron chi connectivity index (χ1n) is 11.8. The molecule has 0 atom stereocenters. The largest absolute Gasteiger partial charge is 0.349 e. The lowest BCUT2D eigenvalue weighted by atomic mass is 10.1. The van der Waals surface area contributed by atoms with Gasteiger partial charge in [0.25, 0.3) is 5.91 Å². The summed E-state index contributed by atoms with van der Waals surface area (Å²) in [7, 11) is 0. The minimum absolute atomic E-state index is 0.110. The van der Waals surface area contributed by atoms with Gasteiger partial charge in [0.2, 0.25) is 0 Å².